The van der Waals surface area contributed by atoms with Crippen LogP contribution in [-0.4, -0.2) is 11.9 Å². The number of hydrogen-bond acceptors (Lipinski definition) is 1. The monoisotopic (exact) mass is 157 g/mol. The zero-order valence-electron chi connectivity index (χ0n) is 7.12. The molecule has 60 valence electrons. The quantitative estimate of drug-likeness (QED) is 0.559. The molecule has 0 unspecified atom stereocenters. The van der Waals surface area contributed by atoms with Crippen LogP contribution in [0.25, 0.3) is 11.8 Å². The number of fused-ring (bicyclic) bond motifs is 1. The van der Waals surface area contributed by atoms with Gasteiger partial charge in [0.2, 0.25) is 0 Å². The van der Waals surface area contributed by atoms with Crippen LogP contribution < -0.4 is 0 Å². The van der Waals surface area contributed by atoms with Crippen molar-refractivity contribution in [2.45, 2.75) is 0 Å². The van der Waals surface area contributed by atoms with Gasteiger partial charge in [-0.1, -0.05) is 30.8 Å². The van der Waals surface area contributed by atoms with Gasteiger partial charge in [0.1, 0.15) is 0 Å². The molecule has 1 heteroatoms. The molecule has 0 radical (unpaired) electrons. The second kappa shape index (κ2) is 2.52. The van der Waals surface area contributed by atoms with Crippen LogP contribution in [0, 0.1) is 0 Å². The van der Waals surface area contributed by atoms with E-state index in [0.29, 0.717) is 0 Å². The fourth-order valence-electron chi connectivity index (χ4n) is 1.38. The van der Waals surface area contributed by atoms with E-state index in [9.17, 15) is 0 Å². The van der Waals surface area contributed by atoms with Crippen molar-refractivity contribution < 1.29 is 0 Å². The van der Waals surface area contributed by atoms with Gasteiger partial charge in [-0.25, -0.2) is 0 Å². The molecule has 1 aromatic rings. The van der Waals surface area contributed by atoms with E-state index in [4.69, 9.17) is 0 Å². The van der Waals surface area contributed by atoms with Gasteiger partial charge in [0.25, 0.3) is 0 Å². The van der Waals surface area contributed by atoms with Crippen LogP contribution in [0.5, 0.6) is 0 Å². The van der Waals surface area contributed by atoms with E-state index >= 15 is 0 Å². The smallest absolute Gasteiger partial charge is 0.0410 e. The molecule has 0 aromatic heterocycles. The number of nitrogens with zero attached hydrogens (tertiary/aromatic N) is 1. The van der Waals surface area contributed by atoms with Crippen LogP contribution in [0.4, 0.5) is 0 Å². The minimum Gasteiger partial charge on any atom is -0.351 e. The third-order valence-corrected chi connectivity index (χ3v) is 2.18. The highest BCUT2D eigenvalue weighted by Crippen LogP contribution is 2.25. The lowest BCUT2D eigenvalue weighted by Gasteiger charge is -2.23. The standard InChI is InChI=1S/C11H11N/c1-9-11-6-4-3-5-10(11)7-8-12(9)2/h3-8H,1H2,2H3. The Balaban J connectivity index is 2.59. The lowest BCUT2D eigenvalue weighted by molar-refractivity contribution is 0.656. The van der Waals surface area contributed by atoms with Crippen LogP contribution in [0.2, 0.25) is 0 Å². The molecule has 1 nitrogen and oxygen atoms in total. The van der Waals surface area contributed by atoms with Crippen molar-refractivity contribution >= 4 is 11.8 Å². The zero-order valence-corrected chi connectivity index (χ0v) is 7.12. The molecule has 0 N–H and O–H groups in total. The molecule has 0 saturated heterocycles. The normalized spacial score (nSPS) is 14.8. The molecule has 0 fully saturated rings. The van der Waals surface area contributed by atoms with E-state index in [1.807, 2.05) is 30.3 Å². The summed E-state index contributed by atoms with van der Waals surface area (Å²) in [5, 5.41) is 0. The van der Waals surface area contributed by atoms with Crippen molar-refractivity contribution in [3.05, 3.63) is 48.2 Å². The molecule has 1 aromatic carbocycles. The Morgan fingerprint density at radius 2 is 2.00 bits per heavy atom. The highest BCUT2D eigenvalue weighted by molar-refractivity contribution is 5.76. The van der Waals surface area contributed by atoms with Crippen LogP contribution >= 0.6 is 0 Å². The molecule has 12 heavy (non-hydrogen) atoms. The minimum absolute atomic E-state index is 1.06. The lowest BCUT2D eigenvalue weighted by Crippen LogP contribution is -2.11. The fraction of sp³-hybridized carbons (Fsp3) is 0.0909. The summed E-state index contributed by atoms with van der Waals surface area (Å²) in [6.07, 6.45) is 4.13. The van der Waals surface area contributed by atoms with Crippen molar-refractivity contribution in [3.63, 3.8) is 0 Å². The second-order valence-electron chi connectivity index (χ2n) is 2.96. The molecule has 0 saturated carbocycles. The van der Waals surface area contributed by atoms with E-state index in [1.165, 1.54) is 11.1 Å². The maximum absolute atomic E-state index is 4.01. The summed E-state index contributed by atoms with van der Waals surface area (Å²) in [6.45, 7) is 4.01. The van der Waals surface area contributed by atoms with Gasteiger partial charge in [0.05, 0.1) is 0 Å². The van der Waals surface area contributed by atoms with Gasteiger partial charge < -0.3 is 4.90 Å². The summed E-state index contributed by atoms with van der Waals surface area (Å²) < 4.78 is 0. The predicted octanol–water partition coefficient (Wildman–Crippen LogP) is 2.57. The van der Waals surface area contributed by atoms with Crippen LogP contribution in [0.3, 0.4) is 0 Å². The highest BCUT2D eigenvalue weighted by Gasteiger charge is 2.09. The average molecular weight is 157 g/mol. The molecule has 1 aliphatic heterocycles. The second-order valence-corrected chi connectivity index (χ2v) is 2.96. The Morgan fingerprint density at radius 1 is 1.25 bits per heavy atom. The van der Waals surface area contributed by atoms with Crippen molar-refractivity contribution in [1.82, 2.24) is 4.90 Å². The molecule has 0 aliphatic carbocycles. The van der Waals surface area contributed by atoms with Crippen LogP contribution in [0.15, 0.2) is 37.0 Å². The van der Waals surface area contributed by atoms with E-state index in [2.05, 4.69) is 24.8 Å². The van der Waals surface area contributed by atoms with Gasteiger partial charge in [-0.15, -0.1) is 0 Å². The van der Waals surface area contributed by atoms with Crippen molar-refractivity contribution in [3.8, 4) is 0 Å². The zero-order chi connectivity index (χ0) is 8.55. The number of benzene rings is 1. The Kier molecular flexibility index (Phi) is 1.51. The minimum atomic E-state index is 1.06. The summed E-state index contributed by atoms with van der Waals surface area (Å²) >= 11 is 0. The largest absolute Gasteiger partial charge is 0.351 e. The number of rotatable bonds is 0. The van der Waals surface area contributed by atoms with Gasteiger partial charge in [-0.05, 0) is 11.6 Å². The van der Waals surface area contributed by atoms with Gasteiger partial charge >= 0.3 is 0 Å². The van der Waals surface area contributed by atoms with Crippen molar-refractivity contribution in [1.29, 1.82) is 0 Å². The van der Waals surface area contributed by atoms with Crippen molar-refractivity contribution in [2.75, 3.05) is 7.05 Å². The van der Waals surface area contributed by atoms with Gasteiger partial charge in [0, 0.05) is 24.5 Å². The first kappa shape index (κ1) is 7.17. The molecule has 0 atom stereocenters. The summed E-state index contributed by atoms with van der Waals surface area (Å²) in [5.41, 5.74) is 3.54. The Bertz CT molecular complexity index is 350. The van der Waals surface area contributed by atoms with E-state index in [1.54, 1.807) is 0 Å². The third-order valence-electron chi connectivity index (χ3n) is 2.18. The van der Waals surface area contributed by atoms with E-state index in [0.717, 1.165) is 5.70 Å². The topological polar surface area (TPSA) is 3.24 Å². The van der Waals surface area contributed by atoms with E-state index < -0.39 is 0 Å². The molecule has 0 amide bonds. The summed E-state index contributed by atoms with van der Waals surface area (Å²) in [4.78, 5) is 2.03. The summed E-state index contributed by atoms with van der Waals surface area (Å²) in [7, 11) is 2.01. The van der Waals surface area contributed by atoms with Crippen LogP contribution in [-0.2, 0) is 0 Å². The van der Waals surface area contributed by atoms with Gasteiger partial charge in [0.15, 0.2) is 0 Å². The Morgan fingerprint density at radius 3 is 2.83 bits per heavy atom. The first-order chi connectivity index (χ1) is 5.79. The predicted molar refractivity (Wildman–Crippen MR) is 52.3 cm³/mol. The van der Waals surface area contributed by atoms with Crippen LogP contribution in [0.1, 0.15) is 11.1 Å². The first-order valence-corrected chi connectivity index (χ1v) is 3.98. The molecule has 1 aliphatic rings. The fourth-order valence-corrected chi connectivity index (χ4v) is 1.38. The maximum atomic E-state index is 4.01. The molecular formula is C11H11N. The highest BCUT2D eigenvalue weighted by atomic mass is 15.1. The van der Waals surface area contributed by atoms with E-state index in [-0.39, 0.29) is 0 Å². The summed E-state index contributed by atoms with van der Waals surface area (Å²) in [5.74, 6) is 0. The van der Waals surface area contributed by atoms with Crippen molar-refractivity contribution in [2.24, 2.45) is 0 Å². The SMILES string of the molecule is C=C1c2ccccc2C=CN1C. The molecule has 1 heterocycles. The Hall–Kier alpha value is -1.50. The third kappa shape index (κ3) is 0.944. The number of hydrogen-bond donors (Lipinski definition) is 0. The molecular weight excluding hydrogens is 146 g/mol. The maximum Gasteiger partial charge on any atom is 0.0410 e. The molecule has 0 bridgehead atoms. The van der Waals surface area contributed by atoms with Gasteiger partial charge in [-0.3, -0.25) is 0 Å². The first-order valence-electron chi connectivity index (χ1n) is 3.98. The molecule has 2 rings (SSSR count). The summed E-state index contributed by atoms with van der Waals surface area (Å²) in [6, 6.07) is 8.28. The lowest BCUT2D eigenvalue weighted by atomic mass is 10.0. The Labute approximate surface area is 72.6 Å². The van der Waals surface area contributed by atoms with Gasteiger partial charge in [-0.2, -0.15) is 0 Å². The molecule has 0 spiro atoms. The average Bonchev–Trinajstić information content (AvgIpc) is 2.12.